The summed E-state index contributed by atoms with van der Waals surface area (Å²) in [7, 11) is 2.05. The second kappa shape index (κ2) is 5.83. The van der Waals surface area contributed by atoms with E-state index in [1.807, 2.05) is 11.3 Å². The zero-order chi connectivity index (χ0) is 12.4. The van der Waals surface area contributed by atoms with Crippen molar-refractivity contribution in [3.05, 3.63) is 20.3 Å². The number of hydrogen-bond acceptors (Lipinski definition) is 3. The fourth-order valence-corrected chi connectivity index (χ4v) is 4.80. The molecule has 0 amide bonds. The number of ether oxygens (including phenoxy) is 1. The zero-order valence-corrected chi connectivity index (χ0v) is 13.0. The van der Waals surface area contributed by atoms with E-state index in [1.54, 1.807) is 0 Å². The second-order valence-corrected chi connectivity index (χ2v) is 6.75. The van der Waals surface area contributed by atoms with Crippen molar-refractivity contribution in [1.29, 1.82) is 0 Å². The van der Waals surface area contributed by atoms with Gasteiger partial charge in [-0.2, -0.15) is 0 Å². The van der Waals surface area contributed by atoms with Gasteiger partial charge in [0.2, 0.25) is 0 Å². The van der Waals surface area contributed by atoms with Crippen LogP contribution in [0.25, 0.3) is 0 Å². The molecule has 1 aliphatic heterocycles. The molecule has 3 unspecified atom stereocenters. The van der Waals surface area contributed by atoms with Gasteiger partial charge in [-0.1, -0.05) is 6.92 Å². The summed E-state index contributed by atoms with van der Waals surface area (Å²) in [5, 5.41) is 3.48. The Hall–Kier alpha value is 0.100. The molecule has 0 aliphatic carbocycles. The maximum Gasteiger partial charge on any atom is 0.0620 e. The van der Waals surface area contributed by atoms with Gasteiger partial charge in [0.1, 0.15) is 0 Å². The molecule has 1 saturated heterocycles. The van der Waals surface area contributed by atoms with Crippen LogP contribution in [0.3, 0.4) is 0 Å². The van der Waals surface area contributed by atoms with Crippen LogP contribution in [-0.4, -0.2) is 19.8 Å². The summed E-state index contributed by atoms with van der Waals surface area (Å²) in [5.74, 6) is 0.597. The van der Waals surface area contributed by atoms with Crippen LogP contribution in [0.5, 0.6) is 0 Å². The number of thiophene rings is 1. The summed E-state index contributed by atoms with van der Waals surface area (Å²) in [5.41, 5.74) is 0. The minimum absolute atomic E-state index is 0.404. The monoisotopic (exact) mass is 317 g/mol. The first-order chi connectivity index (χ1) is 8.17. The van der Waals surface area contributed by atoms with E-state index in [1.165, 1.54) is 14.2 Å². The van der Waals surface area contributed by atoms with Crippen LogP contribution in [0.4, 0.5) is 0 Å². The lowest BCUT2D eigenvalue weighted by Crippen LogP contribution is -2.30. The molecule has 1 aliphatic rings. The molecule has 0 saturated carbocycles. The number of nitrogens with one attached hydrogen (secondary N) is 1. The molecule has 2 rings (SSSR count). The van der Waals surface area contributed by atoms with E-state index in [9.17, 15) is 0 Å². The quantitative estimate of drug-likeness (QED) is 0.909. The summed E-state index contributed by atoms with van der Waals surface area (Å²) in [6, 6.07) is 2.62. The van der Waals surface area contributed by atoms with E-state index in [-0.39, 0.29) is 0 Å². The number of halogens is 1. The molecule has 96 valence electrons. The van der Waals surface area contributed by atoms with Crippen LogP contribution in [0, 0.1) is 12.8 Å². The minimum atomic E-state index is 0.404. The number of hydrogen-bond donors (Lipinski definition) is 1. The van der Waals surface area contributed by atoms with E-state index >= 15 is 0 Å². The van der Waals surface area contributed by atoms with Crippen LogP contribution in [-0.2, 0) is 4.74 Å². The van der Waals surface area contributed by atoms with Gasteiger partial charge in [-0.15, -0.1) is 11.3 Å². The fraction of sp³-hybridized carbons (Fsp3) is 0.692. The summed E-state index contributed by atoms with van der Waals surface area (Å²) < 4.78 is 7.05. The zero-order valence-electron chi connectivity index (χ0n) is 10.6. The van der Waals surface area contributed by atoms with Crippen molar-refractivity contribution in [2.24, 2.45) is 5.92 Å². The highest BCUT2D eigenvalue weighted by molar-refractivity contribution is 9.10. The van der Waals surface area contributed by atoms with Gasteiger partial charge in [-0.25, -0.2) is 0 Å². The van der Waals surface area contributed by atoms with Gasteiger partial charge < -0.3 is 10.1 Å². The highest BCUT2D eigenvalue weighted by Gasteiger charge is 2.35. The standard InChI is InChI=1S/C13H20BrNOS/c1-4-11-9(5-6-16-11)12(15-3)13-10(14)7-8(2)17-13/h7,9,11-12,15H,4-6H2,1-3H3. The van der Waals surface area contributed by atoms with Gasteiger partial charge in [0.25, 0.3) is 0 Å². The molecule has 2 nitrogen and oxygen atoms in total. The Morgan fingerprint density at radius 1 is 1.65 bits per heavy atom. The first-order valence-electron chi connectivity index (χ1n) is 6.22. The van der Waals surface area contributed by atoms with Crippen molar-refractivity contribution in [3.8, 4) is 0 Å². The Balaban J connectivity index is 2.24. The molecule has 0 aromatic carbocycles. The molecule has 2 heterocycles. The first kappa shape index (κ1) is 13.5. The van der Waals surface area contributed by atoms with Crippen LogP contribution >= 0.6 is 27.3 Å². The average Bonchev–Trinajstić information content (AvgIpc) is 2.88. The lowest BCUT2D eigenvalue weighted by molar-refractivity contribution is 0.0785. The lowest BCUT2D eigenvalue weighted by atomic mass is 9.90. The Bertz CT molecular complexity index is 379. The molecule has 1 fully saturated rings. The summed E-state index contributed by atoms with van der Waals surface area (Å²) in [6.07, 6.45) is 2.67. The van der Waals surface area contributed by atoms with E-state index in [2.05, 4.69) is 48.2 Å². The summed E-state index contributed by atoms with van der Waals surface area (Å²) >= 11 is 5.56. The molecule has 1 aromatic rings. The maximum atomic E-state index is 5.82. The molecule has 0 radical (unpaired) electrons. The van der Waals surface area contributed by atoms with Crippen molar-refractivity contribution < 1.29 is 4.74 Å². The lowest BCUT2D eigenvalue weighted by Gasteiger charge is -2.26. The van der Waals surface area contributed by atoms with Gasteiger partial charge in [0, 0.05) is 32.8 Å². The molecule has 0 spiro atoms. The molecule has 1 N–H and O–H groups in total. The Kier molecular flexibility index (Phi) is 4.64. The first-order valence-corrected chi connectivity index (χ1v) is 7.83. The second-order valence-electron chi connectivity index (χ2n) is 4.61. The predicted molar refractivity (Wildman–Crippen MR) is 76.7 cm³/mol. The predicted octanol–water partition coefficient (Wildman–Crippen LogP) is 3.89. The van der Waals surface area contributed by atoms with E-state index < -0.39 is 0 Å². The highest BCUT2D eigenvalue weighted by Crippen LogP contribution is 2.40. The van der Waals surface area contributed by atoms with Crippen LogP contribution in [0.1, 0.15) is 35.6 Å². The SMILES string of the molecule is CCC1OCCC1C(NC)c1sc(C)cc1Br. The molecule has 4 heteroatoms. The topological polar surface area (TPSA) is 21.3 Å². The van der Waals surface area contributed by atoms with Gasteiger partial charge >= 0.3 is 0 Å². The molecule has 17 heavy (non-hydrogen) atoms. The van der Waals surface area contributed by atoms with Crippen LogP contribution in [0.2, 0.25) is 0 Å². The van der Waals surface area contributed by atoms with Crippen LogP contribution < -0.4 is 5.32 Å². The largest absolute Gasteiger partial charge is 0.378 e. The normalized spacial score (nSPS) is 26.4. The molecule has 0 bridgehead atoms. The minimum Gasteiger partial charge on any atom is -0.378 e. The summed E-state index contributed by atoms with van der Waals surface area (Å²) in [4.78, 5) is 2.78. The highest BCUT2D eigenvalue weighted by atomic mass is 79.9. The van der Waals surface area contributed by atoms with Gasteiger partial charge in [0.05, 0.1) is 6.10 Å². The number of aryl methyl sites for hydroxylation is 1. The Labute approximate surface area is 116 Å². The van der Waals surface area contributed by atoms with E-state index in [4.69, 9.17) is 4.74 Å². The number of rotatable bonds is 4. The van der Waals surface area contributed by atoms with Gasteiger partial charge in [-0.05, 0) is 48.8 Å². The Morgan fingerprint density at radius 3 is 2.94 bits per heavy atom. The summed E-state index contributed by atoms with van der Waals surface area (Å²) in [6.45, 7) is 5.28. The van der Waals surface area contributed by atoms with Crippen molar-refractivity contribution >= 4 is 27.3 Å². The molecule has 3 atom stereocenters. The molecule has 1 aromatic heterocycles. The molecular weight excluding hydrogens is 298 g/mol. The van der Waals surface area contributed by atoms with E-state index in [0.717, 1.165) is 19.4 Å². The average molecular weight is 318 g/mol. The van der Waals surface area contributed by atoms with Gasteiger partial charge in [-0.3, -0.25) is 0 Å². The van der Waals surface area contributed by atoms with Crippen molar-refractivity contribution in [2.75, 3.05) is 13.7 Å². The smallest absolute Gasteiger partial charge is 0.0620 e. The maximum absolute atomic E-state index is 5.82. The molecular formula is C13H20BrNOS. The van der Waals surface area contributed by atoms with Gasteiger partial charge in [0.15, 0.2) is 0 Å². The third-order valence-corrected chi connectivity index (χ3v) is 5.57. The van der Waals surface area contributed by atoms with Crippen molar-refractivity contribution in [3.63, 3.8) is 0 Å². The van der Waals surface area contributed by atoms with E-state index in [0.29, 0.717) is 18.1 Å². The Morgan fingerprint density at radius 2 is 2.41 bits per heavy atom. The third kappa shape index (κ3) is 2.75. The van der Waals surface area contributed by atoms with Crippen LogP contribution in [0.15, 0.2) is 10.5 Å². The van der Waals surface area contributed by atoms with Crippen molar-refractivity contribution in [1.82, 2.24) is 5.32 Å². The fourth-order valence-electron chi connectivity index (χ4n) is 2.72. The third-order valence-electron chi connectivity index (χ3n) is 3.52. The van der Waals surface area contributed by atoms with Crippen molar-refractivity contribution in [2.45, 2.75) is 38.8 Å².